The minimum atomic E-state index is 0.454. The third kappa shape index (κ3) is 7.97. The van der Waals surface area contributed by atoms with Crippen LogP contribution < -0.4 is 10.1 Å². The molecular weight excluding hydrogens is 480 g/mol. The van der Waals surface area contributed by atoms with Crippen molar-refractivity contribution in [3.63, 3.8) is 0 Å². The molecule has 1 saturated heterocycles. The average molecular weight is 515 g/mol. The summed E-state index contributed by atoms with van der Waals surface area (Å²) in [6.45, 7) is 6.96. The van der Waals surface area contributed by atoms with Crippen LogP contribution in [0.15, 0.2) is 79.0 Å². The Morgan fingerprint density at radius 2 is 1.74 bits per heavy atom. The molecule has 2 aromatic carbocycles. The molecule has 5 rings (SSSR count). The van der Waals surface area contributed by atoms with Gasteiger partial charge < -0.3 is 24.3 Å². The molecule has 0 atom stereocenters. The molecule has 0 radical (unpaired) electrons. The van der Waals surface area contributed by atoms with Crippen molar-refractivity contribution in [1.29, 1.82) is 0 Å². The van der Waals surface area contributed by atoms with E-state index in [1.54, 1.807) is 6.20 Å². The fraction of sp³-hybridized carbons (Fsp3) is 0.333. The first-order chi connectivity index (χ1) is 18.8. The first-order valence-corrected chi connectivity index (χ1v) is 13.0. The number of benzene rings is 2. The minimum Gasteiger partial charge on any atom is -0.489 e. The topological polar surface area (TPSA) is 78.0 Å². The van der Waals surface area contributed by atoms with Gasteiger partial charge in [0.15, 0.2) is 0 Å². The van der Waals surface area contributed by atoms with Gasteiger partial charge >= 0.3 is 0 Å². The van der Waals surface area contributed by atoms with Gasteiger partial charge in [-0.2, -0.15) is 0 Å². The van der Waals surface area contributed by atoms with Crippen molar-refractivity contribution >= 4 is 11.6 Å². The van der Waals surface area contributed by atoms with Crippen LogP contribution in [0.1, 0.15) is 11.1 Å². The molecule has 0 spiro atoms. The van der Waals surface area contributed by atoms with Gasteiger partial charge in [-0.25, -0.2) is 9.97 Å². The van der Waals surface area contributed by atoms with Gasteiger partial charge in [-0.3, -0.25) is 4.90 Å². The first-order valence-electron chi connectivity index (χ1n) is 13.0. The van der Waals surface area contributed by atoms with Crippen LogP contribution in [0.3, 0.4) is 0 Å². The van der Waals surface area contributed by atoms with Crippen LogP contribution in [0.5, 0.6) is 5.75 Å². The zero-order chi connectivity index (χ0) is 25.8. The minimum absolute atomic E-state index is 0.454. The van der Waals surface area contributed by atoms with Gasteiger partial charge in [-0.05, 0) is 35.4 Å². The molecule has 8 heteroatoms. The van der Waals surface area contributed by atoms with Crippen molar-refractivity contribution in [2.45, 2.75) is 13.2 Å². The number of hydrogen-bond donors (Lipinski definition) is 1. The molecule has 2 aliphatic rings. The lowest BCUT2D eigenvalue weighted by Crippen LogP contribution is -2.36. The van der Waals surface area contributed by atoms with E-state index in [9.17, 15) is 0 Å². The van der Waals surface area contributed by atoms with E-state index in [4.69, 9.17) is 23.9 Å². The van der Waals surface area contributed by atoms with E-state index in [2.05, 4.69) is 39.5 Å². The number of fused-ring (bicyclic) bond motifs is 7. The SMILES string of the molecule is C1=C/COCc2cccc(c2)-c2ccnc(n2)Nc2cc(cc(OC/C=C/CN3CCOCC3)c2)COC/1. The third-order valence-corrected chi connectivity index (χ3v) is 6.21. The maximum Gasteiger partial charge on any atom is 0.227 e. The molecule has 1 aromatic heterocycles. The van der Waals surface area contributed by atoms with Gasteiger partial charge in [-0.1, -0.05) is 42.5 Å². The van der Waals surface area contributed by atoms with Gasteiger partial charge in [0.25, 0.3) is 0 Å². The summed E-state index contributed by atoms with van der Waals surface area (Å²) in [5.41, 5.74) is 4.79. The molecule has 38 heavy (non-hydrogen) atoms. The Balaban J connectivity index is 1.32. The molecule has 198 valence electrons. The maximum absolute atomic E-state index is 6.08. The number of rotatable bonds is 5. The molecule has 8 nitrogen and oxygen atoms in total. The summed E-state index contributed by atoms with van der Waals surface area (Å²) in [6, 6.07) is 16.1. The molecule has 3 heterocycles. The molecule has 1 N–H and O–H groups in total. The second-order valence-corrected chi connectivity index (χ2v) is 9.15. The van der Waals surface area contributed by atoms with E-state index in [1.807, 2.05) is 48.6 Å². The first kappa shape index (κ1) is 26.1. The lowest BCUT2D eigenvalue weighted by molar-refractivity contribution is 0.0434. The average Bonchev–Trinajstić information content (AvgIpc) is 2.95. The predicted octanol–water partition coefficient (Wildman–Crippen LogP) is 4.76. The Hall–Kier alpha value is -3.56. The van der Waals surface area contributed by atoms with E-state index in [0.717, 1.165) is 66.7 Å². The molecule has 6 bridgehead atoms. The lowest BCUT2D eigenvalue weighted by atomic mass is 10.1. The summed E-state index contributed by atoms with van der Waals surface area (Å²) in [4.78, 5) is 11.6. The van der Waals surface area contributed by atoms with Crippen molar-refractivity contribution in [2.24, 2.45) is 0 Å². The monoisotopic (exact) mass is 514 g/mol. The van der Waals surface area contributed by atoms with Crippen LogP contribution in [0.4, 0.5) is 11.6 Å². The summed E-state index contributed by atoms with van der Waals surface area (Å²) in [5, 5.41) is 3.35. The summed E-state index contributed by atoms with van der Waals surface area (Å²) in [6.07, 6.45) is 9.94. The van der Waals surface area contributed by atoms with Gasteiger partial charge in [0.2, 0.25) is 5.95 Å². The molecule has 0 saturated carbocycles. The van der Waals surface area contributed by atoms with Crippen molar-refractivity contribution in [3.05, 3.63) is 90.2 Å². The van der Waals surface area contributed by atoms with E-state index in [-0.39, 0.29) is 0 Å². The largest absolute Gasteiger partial charge is 0.489 e. The summed E-state index contributed by atoms with van der Waals surface area (Å²) < 4.78 is 23.2. The number of morpholine rings is 1. The fourth-order valence-electron chi connectivity index (χ4n) is 4.27. The Labute approximate surface area is 223 Å². The lowest BCUT2D eigenvalue weighted by Gasteiger charge is -2.25. The number of hydrogen-bond acceptors (Lipinski definition) is 8. The van der Waals surface area contributed by atoms with Gasteiger partial charge in [0, 0.05) is 43.1 Å². The highest BCUT2D eigenvalue weighted by Crippen LogP contribution is 2.25. The van der Waals surface area contributed by atoms with E-state index in [1.165, 1.54) is 0 Å². The summed E-state index contributed by atoms with van der Waals surface area (Å²) in [5.74, 6) is 1.27. The van der Waals surface area contributed by atoms with Crippen LogP contribution >= 0.6 is 0 Å². The number of nitrogens with one attached hydrogen (secondary N) is 1. The third-order valence-electron chi connectivity index (χ3n) is 6.21. The van der Waals surface area contributed by atoms with Crippen LogP contribution in [0, 0.1) is 0 Å². The van der Waals surface area contributed by atoms with Crippen molar-refractivity contribution in [3.8, 4) is 17.0 Å². The zero-order valence-electron chi connectivity index (χ0n) is 21.6. The Bertz CT molecular complexity index is 1240. The molecule has 2 aliphatic heterocycles. The van der Waals surface area contributed by atoms with Gasteiger partial charge in [0.05, 0.1) is 45.3 Å². The quantitative estimate of drug-likeness (QED) is 0.489. The molecule has 0 unspecified atom stereocenters. The Morgan fingerprint density at radius 1 is 0.895 bits per heavy atom. The van der Waals surface area contributed by atoms with Crippen molar-refractivity contribution < 1.29 is 18.9 Å². The molecule has 3 aromatic rings. The highest BCUT2D eigenvalue weighted by atomic mass is 16.5. The van der Waals surface area contributed by atoms with Crippen molar-refractivity contribution in [2.75, 3.05) is 58.0 Å². The number of anilines is 2. The fourth-order valence-corrected chi connectivity index (χ4v) is 4.27. The Morgan fingerprint density at radius 3 is 2.61 bits per heavy atom. The summed E-state index contributed by atoms with van der Waals surface area (Å²) in [7, 11) is 0. The second kappa shape index (κ2) is 13.8. The molecule has 0 aliphatic carbocycles. The predicted molar refractivity (Wildman–Crippen MR) is 148 cm³/mol. The summed E-state index contributed by atoms with van der Waals surface area (Å²) >= 11 is 0. The van der Waals surface area contributed by atoms with E-state index < -0.39 is 0 Å². The standard InChI is InChI=1S/C30H34N4O4/c1(10-34-11-16-35-17-12-34)2-15-38-28-20-25-19-27(21-28)32-30-31-9-8-29(33-30)26-7-5-6-24(18-26)22-36-13-3-4-14-37-23-25/h1-9,18-21H,10-17,22-23H2,(H,31,32,33)/b2-1+,4-3+. The van der Waals surface area contributed by atoms with E-state index >= 15 is 0 Å². The second-order valence-electron chi connectivity index (χ2n) is 9.15. The molecular formula is C30H34N4O4. The Kier molecular flexibility index (Phi) is 9.49. The number of aromatic nitrogens is 2. The van der Waals surface area contributed by atoms with Gasteiger partial charge in [0.1, 0.15) is 12.4 Å². The van der Waals surface area contributed by atoms with Gasteiger partial charge in [-0.15, -0.1) is 0 Å². The van der Waals surface area contributed by atoms with Crippen LogP contribution in [-0.2, 0) is 27.4 Å². The highest BCUT2D eigenvalue weighted by Gasteiger charge is 2.09. The van der Waals surface area contributed by atoms with Crippen LogP contribution in [0.25, 0.3) is 11.3 Å². The zero-order valence-corrected chi connectivity index (χ0v) is 21.6. The molecule has 1 fully saturated rings. The number of nitrogens with zero attached hydrogens (tertiary/aromatic N) is 3. The van der Waals surface area contributed by atoms with Crippen LogP contribution in [-0.4, -0.2) is 67.5 Å². The van der Waals surface area contributed by atoms with E-state index in [0.29, 0.717) is 39.0 Å². The van der Waals surface area contributed by atoms with Crippen LogP contribution in [0.2, 0.25) is 0 Å². The normalized spacial score (nSPS) is 17.8. The van der Waals surface area contributed by atoms with Crippen molar-refractivity contribution in [1.82, 2.24) is 14.9 Å². The number of ether oxygens (including phenoxy) is 4. The molecule has 0 amide bonds. The smallest absolute Gasteiger partial charge is 0.227 e. The highest BCUT2D eigenvalue weighted by molar-refractivity contribution is 5.63. The maximum atomic E-state index is 6.08.